The maximum Gasteiger partial charge on any atom is 0.341 e. The highest BCUT2D eigenvalue weighted by Gasteiger charge is 2.38. The van der Waals surface area contributed by atoms with Gasteiger partial charge in [0.25, 0.3) is 0 Å². The van der Waals surface area contributed by atoms with Crippen LogP contribution in [0, 0.1) is 17.6 Å². The van der Waals surface area contributed by atoms with Gasteiger partial charge in [-0.15, -0.1) is 0 Å². The lowest BCUT2D eigenvalue weighted by Gasteiger charge is -2.39. The number of likely N-dealkylation sites (tertiary alicyclic amines) is 1. The topological polar surface area (TPSA) is 131 Å². The van der Waals surface area contributed by atoms with Crippen LogP contribution < -0.4 is 21.1 Å². The Morgan fingerprint density at radius 2 is 1.91 bits per heavy atom. The average molecular weight is 589 g/mol. The lowest BCUT2D eigenvalue weighted by Crippen LogP contribution is -2.47. The van der Waals surface area contributed by atoms with Crippen LogP contribution in [-0.2, 0) is 0 Å². The third kappa shape index (κ3) is 4.02. The molecule has 13 heteroatoms. The fourth-order valence-electron chi connectivity index (χ4n) is 6.91. The molecular formula is C30H30F2N8O3. The first-order chi connectivity index (χ1) is 20.7. The number of hydrogen-bond acceptors (Lipinski definition) is 8. The molecule has 0 bridgehead atoms. The zero-order valence-electron chi connectivity index (χ0n) is 23.8. The molecule has 0 spiro atoms. The van der Waals surface area contributed by atoms with Gasteiger partial charge >= 0.3 is 5.97 Å². The van der Waals surface area contributed by atoms with Crippen molar-refractivity contribution >= 4 is 50.3 Å². The Kier molecular flexibility index (Phi) is 6.24. The van der Waals surface area contributed by atoms with Crippen LogP contribution in [0.3, 0.4) is 0 Å². The number of aromatic nitrogens is 4. The van der Waals surface area contributed by atoms with Crippen LogP contribution in [0.15, 0.2) is 35.5 Å². The maximum absolute atomic E-state index is 15.7. The zero-order valence-corrected chi connectivity index (χ0v) is 23.8. The van der Waals surface area contributed by atoms with Gasteiger partial charge < -0.3 is 30.6 Å². The number of H-pyrrole nitrogens is 1. The maximum atomic E-state index is 15.7. The molecule has 0 aliphatic carbocycles. The van der Waals surface area contributed by atoms with Crippen molar-refractivity contribution in [1.29, 1.82) is 0 Å². The molecule has 2 aliphatic heterocycles. The molecule has 0 amide bonds. The monoisotopic (exact) mass is 588 g/mol. The Bertz CT molecular complexity index is 2020. The van der Waals surface area contributed by atoms with E-state index in [-0.39, 0.29) is 16.4 Å². The molecule has 2 unspecified atom stereocenters. The molecule has 1 aromatic carbocycles. The van der Waals surface area contributed by atoms with E-state index in [0.717, 1.165) is 25.5 Å². The van der Waals surface area contributed by atoms with Crippen molar-refractivity contribution in [3.8, 4) is 11.1 Å². The summed E-state index contributed by atoms with van der Waals surface area (Å²) in [6.07, 6.45) is 6.48. The molecule has 0 saturated carbocycles. The second-order valence-electron chi connectivity index (χ2n) is 11.3. The highest BCUT2D eigenvalue weighted by molar-refractivity contribution is 6.18. The number of rotatable bonds is 5. The van der Waals surface area contributed by atoms with E-state index in [1.165, 1.54) is 10.9 Å². The third-order valence-corrected chi connectivity index (χ3v) is 9.11. The van der Waals surface area contributed by atoms with Gasteiger partial charge in [-0.05, 0) is 38.4 Å². The minimum absolute atomic E-state index is 0.0880. The first kappa shape index (κ1) is 27.1. The van der Waals surface area contributed by atoms with Gasteiger partial charge in [0.1, 0.15) is 11.2 Å². The Morgan fingerprint density at radius 1 is 1.12 bits per heavy atom. The van der Waals surface area contributed by atoms with Crippen LogP contribution in [0.5, 0.6) is 0 Å². The first-order valence-electron chi connectivity index (χ1n) is 14.1. The van der Waals surface area contributed by atoms with E-state index in [9.17, 15) is 19.1 Å². The number of aromatic carboxylic acids is 1. The standard InChI is InChI=1S/C30H30F2N8O3/c1-33-20-9-19(31)24(32)22-23-26(39-7-5-14-4-6-38(3)21(14)13-39)17(11-35-28(23)37-25(20)22)15-8-16-27(41)18(30(42)43)12-40(34-2)29(16)36-10-15/h8-12,14,21,33-34H,4-7,13H2,1-3H3,(H,35,37)(H,42,43). The van der Waals surface area contributed by atoms with E-state index in [4.69, 9.17) is 0 Å². The molecule has 5 aromatic rings. The summed E-state index contributed by atoms with van der Waals surface area (Å²) in [6.45, 7) is 2.37. The number of piperidine rings is 1. The lowest BCUT2D eigenvalue weighted by molar-refractivity contribution is 0.0695. The minimum Gasteiger partial charge on any atom is -0.477 e. The largest absolute Gasteiger partial charge is 0.477 e. The first-order valence-corrected chi connectivity index (χ1v) is 14.1. The smallest absolute Gasteiger partial charge is 0.341 e. The predicted octanol–water partition coefficient (Wildman–Crippen LogP) is 3.81. The molecule has 2 fully saturated rings. The second kappa shape index (κ2) is 9.90. The van der Waals surface area contributed by atoms with Crippen molar-refractivity contribution in [3.63, 3.8) is 0 Å². The molecule has 11 nitrogen and oxygen atoms in total. The predicted molar refractivity (Wildman–Crippen MR) is 162 cm³/mol. The lowest BCUT2D eigenvalue weighted by atomic mass is 9.90. The van der Waals surface area contributed by atoms with Gasteiger partial charge in [0.2, 0.25) is 5.43 Å². The number of carboxylic acids is 1. The molecule has 2 saturated heterocycles. The minimum atomic E-state index is -1.36. The van der Waals surface area contributed by atoms with Gasteiger partial charge in [-0.3, -0.25) is 4.79 Å². The molecule has 2 atom stereocenters. The van der Waals surface area contributed by atoms with Gasteiger partial charge in [0, 0.05) is 69.0 Å². The number of fused-ring (bicyclic) bond motifs is 5. The number of benzene rings is 1. The fourth-order valence-corrected chi connectivity index (χ4v) is 6.91. The number of nitrogens with one attached hydrogen (secondary N) is 3. The van der Waals surface area contributed by atoms with Gasteiger partial charge in [0.15, 0.2) is 17.3 Å². The number of hydrogen-bond donors (Lipinski definition) is 4. The van der Waals surface area contributed by atoms with Crippen molar-refractivity contribution in [3.05, 3.63) is 58.1 Å². The number of likely N-dealkylation sites (N-methyl/N-ethyl adjacent to an activating group) is 1. The Labute approximate surface area is 244 Å². The van der Waals surface area contributed by atoms with E-state index in [2.05, 4.69) is 42.5 Å². The van der Waals surface area contributed by atoms with E-state index >= 15 is 4.39 Å². The summed E-state index contributed by atoms with van der Waals surface area (Å²) in [6, 6.07) is 3.00. The molecule has 7 rings (SSSR count). The quantitative estimate of drug-likeness (QED) is 0.242. The third-order valence-electron chi connectivity index (χ3n) is 9.11. The normalized spacial score (nSPS) is 19.0. The number of carbonyl (C=O) groups is 1. The second-order valence-corrected chi connectivity index (χ2v) is 11.3. The number of nitrogens with zero attached hydrogens (tertiary/aromatic N) is 5. The summed E-state index contributed by atoms with van der Waals surface area (Å²) in [5.74, 6) is -2.77. The van der Waals surface area contributed by atoms with Crippen LogP contribution in [0.1, 0.15) is 23.2 Å². The van der Waals surface area contributed by atoms with E-state index in [1.807, 2.05) is 0 Å². The molecule has 6 heterocycles. The zero-order chi connectivity index (χ0) is 30.2. The molecule has 2 aliphatic rings. The van der Waals surface area contributed by atoms with E-state index < -0.39 is 28.6 Å². The Balaban J connectivity index is 1.54. The summed E-state index contributed by atoms with van der Waals surface area (Å²) in [4.78, 5) is 42.0. The van der Waals surface area contributed by atoms with Crippen molar-refractivity contribution < 1.29 is 18.7 Å². The molecule has 4 aromatic heterocycles. The van der Waals surface area contributed by atoms with Gasteiger partial charge in [-0.1, -0.05) is 0 Å². The SMILES string of the molecule is CNc1cc(F)c(F)c2c1[nH]c1ncc(-c3cnc4c(c3)c(=O)c(C(=O)O)cn4NC)c(N3CCC4CCN(C)C4C3)c12. The Hall–Kier alpha value is -4.78. The van der Waals surface area contributed by atoms with Crippen LogP contribution in [0.2, 0.25) is 0 Å². The molecule has 0 radical (unpaired) electrons. The highest BCUT2D eigenvalue weighted by atomic mass is 19.2. The summed E-state index contributed by atoms with van der Waals surface area (Å²) in [5, 5.41) is 13.2. The van der Waals surface area contributed by atoms with Gasteiger partial charge in [-0.25, -0.2) is 28.2 Å². The van der Waals surface area contributed by atoms with Crippen LogP contribution in [-0.4, -0.2) is 82.4 Å². The molecular weight excluding hydrogens is 558 g/mol. The molecule has 222 valence electrons. The molecule has 4 N–H and O–H groups in total. The van der Waals surface area contributed by atoms with Crippen LogP contribution >= 0.6 is 0 Å². The Morgan fingerprint density at radius 3 is 2.65 bits per heavy atom. The summed E-state index contributed by atoms with van der Waals surface area (Å²) < 4.78 is 32.0. The van der Waals surface area contributed by atoms with E-state index in [0.29, 0.717) is 64.1 Å². The number of anilines is 2. The summed E-state index contributed by atoms with van der Waals surface area (Å²) in [7, 11) is 5.34. The van der Waals surface area contributed by atoms with Crippen molar-refractivity contribution in [2.45, 2.75) is 18.9 Å². The van der Waals surface area contributed by atoms with E-state index in [1.54, 1.807) is 32.6 Å². The van der Waals surface area contributed by atoms with Crippen molar-refractivity contribution in [2.24, 2.45) is 5.92 Å². The number of pyridine rings is 3. The molecule has 43 heavy (non-hydrogen) atoms. The fraction of sp³-hybridized carbons (Fsp3) is 0.333. The van der Waals surface area contributed by atoms with Crippen LogP contribution in [0.4, 0.5) is 20.2 Å². The summed E-state index contributed by atoms with van der Waals surface area (Å²) in [5.41, 5.74) is 4.95. The van der Waals surface area contributed by atoms with Gasteiger partial charge in [0.05, 0.1) is 33.1 Å². The average Bonchev–Trinajstić information content (AvgIpc) is 3.59. The summed E-state index contributed by atoms with van der Waals surface area (Å²) >= 11 is 0. The number of aromatic amines is 1. The van der Waals surface area contributed by atoms with Crippen molar-refractivity contribution in [2.75, 3.05) is 56.4 Å². The van der Waals surface area contributed by atoms with Crippen molar-refractivity contribution in [1.82, 2.24) is 24.5 Å². The van der Waals surface area contributed by atoms with Gasteiger partial charge in [-0.2, -0.15) is 0 Å². The highest BCUT2D eigenvalue weighted by Crippen LogP contribution is 2.45. The number of halogens is 2. The number of carboxylic acid groups (broad SMARTS) is 1. The van der Waals surface area contributed by atoms with Crippen LogP contribution in [0.25, 0.3) is 44.1 Å².